The number of aliphatic hydroxyl groups is 1. The lowest BCUT2D eigenvalue weighted by atomic mass is 9.94. The normalized spacial score (nSPS) is 15.4. The molecule has 0 unspecified atom stereocenters. The molecule has 3 heteroatoms. The minimum atomic E-state index is -0.510. The van der Waals surface area contributed by atoms with E-state index in [1.54, 1.807) is 0 Å². The number of aliphatic hydroxyl groups excluding tert-OH is 1. The molecule has 0 spiro atoms. The van der Waals surface area contributed by atoms with Gasteiger partial charge in [0.15, 0.2) is 0 Å². The van der Waals surface area contributed by atoms with E-state index >= 15 is 0 Å². The van der Waals surface area contributed by atoms with E-state index in [2.05, 4.69) is 15.9 Å². The highest BCUT2D eigenvalue weighted by atomic mass is 79.9. The monoisotopic (exact) mass is 271 g/mol. The smallest absolute Gasteiger partial charge is 0.0756 e. The van der Waals surface area contributed by atoms with Crippen LogP contribution in [0.2, 0.25) is 0 Å². The SMILES string of the molecule is Cc1ccc([C@@H](N)[C@@H](O)C(C)C)c(Br)c1. The van der Waals surface area contributed by atoms with Gasteiger partial charge in [0.25, 0.3) is 0 Å². The van der Waals surface area contributed by atoms with Gasteiger partial charge in [0, 0.05) is 4.47 Å². The molecule has 0 saturated heterocycles. The van der Waals surface area contributed by atoms with Gasteiger partial charge in [-0.2, -0.15) is 0 Å². The van der Waals surface area contributed by atoms with Gasteiger partial charge >= 0.3 is 0 Å². The minimum absolute atomic E-state index is 0.160. The second-order valence-corrected chi connectivity index (χ2v) is 5.14. The molecule has 2 nitrogen and oxygen atoms in total. The van der Waals surface area contributed by atoms with Crippen molar-refractivity contribution in [2.45, 2.75) is 32.9 Å². The van der Waals surface area contributed by atoms with Crippen molar-refractivity contribution in [3.63, 3.8) is 0 Å². The quantitative estimate of drug-likeness (QED) is 0.888. The summed E-state index contributed by atoms with van der Waals surface area (Å²) >= 11 is 3.47. The lowest BCUT2D eigenvalue weighted by molar-refractivity contribution is 0.0977. The molecule has 0 aliphatic carbocycles. The molecule has 1 aromatic rings. The standard InChI is InChI=1S/C12H18BrNO/c1-7(2)12(15)11(14)9-5-4-8(3)6-10(9)13/h4-7,11-12,15H,14H2,1-3H3/t11-,12+/m1/s1. The number of hydrogen-bond donors (Lipinski definition) is 2. The fraction of sp³-hybridized carbons (Fsp3) is 0.500. The maximum absolute atomic E-state index is 9.90. The molecule has 0 aliphatic heterocycles. The lowest BCUT2D eigenvalue weighted by Crippen LogP contribution is -2.30. The van der Waals surface area contributed by atoms with Crippen molar-refractivity contribution < 1.29 is 5.11 Å². The van der Waals surface area contributed by atoms with E-state index in [0.29, 0.717) is 0 Å². The van der Waals surface area contributed by atoms with Crippen LogP contribution in [0.15, 0.2) is 22.7 Å². The van der Waals surface area contributed by atoms with Crippen LogP contribution in [0.1, 0.15) is 31.0 Å². The number of hydrogen-bond acceptors (Lipinski definition) is 2. The van der Waals surface area contributed by atoms with Gasteiger partial charge in [-0.15, -0.1) is 0 Å². The summed E-state index contributed by atoms with van der Waals surface area (Å²) in [7, 11) is 0. The first kappa shape index (κ1) is 12.7. The van der Waals surface area contributed by atoms with Crippen LogP contribution in [-0.4, -0.2) is 11.2 Å². The van der Waals surface area contributed by atoms with Crippen molar-refractivity contribution in [1.29, 1.82) is 0 Å². The summed E-state index contributed by atoms with van der Waals surface area (Å²) < 4.78 is 0.967. The first-order valence-corrected chi connectivity index (χ1v) is 5.92. The summed E-state index contributed by atoms with van der Waals surface area (Å²) in [6, 6.07) is 5.66. The van der Waals surface area contributed by atoms with Gasteiger partial charge < -0.3 is 10.8 Å². The Hall–Kier alpha value is -0.380. The van der Waals surface area contributed by atoms with E-state index in [1.165, 1.54) is 5.56 Å². The third kappa shape index (κ3) is 3.03. The average molecular weight is 272 g/mol. The first-order chi connectivity index (χ1) is 6.93. The second-order valence-electron chi connectivity index (χ2n) is 4.29. The van der Waals surface area contributed by atoms with Crippen LogP contribution in [0.4, 0.5) is 0 Å². The van der Waals surface area contributed by atoms with Crippen LogP contribution in [0.25, 0.3) is 0 Å². The topological polar surface area (TPSA) is 46.2 Å². The number of rotatable bonds is 3. The molecule has 2 atom stereocenters. The van der Waals surface area contributed by atoms with Crippen LogP contribution < -0.4 is 5.73 Å². The number of benzene rings is 1. The van der Waals surface area contributed by atoms with Gasteiger partial charge in [-0.1, -0.05) is 41.9 Å². The molecule has 0 bridgehead atoms. The van der Waals surface area contributed by atoms with Crippen LogP contribution in [0.5, 0.6) is 0 Å². The second kappa shape index (κ2) is 5.10. The van der Waals surface area contributed by atoms with E-state index < -0.39 is 6.10 Å². The molecule has 1 aromatic carbocycles. The van der Waals surface area contributed by atoms with E-state index in [9.17, 15) is 5.11 Å². The summed E-state index contributed by atoms with van der Waals surface area (Å²) in [5, 5.41) is 9.90. The highest BCUT2D eigenvalue weighted by Crippen LogP contribution is 2.27. The Morgan fingerprint density at radius 2 is 1.93 bits per heavy atom. The zero-order chi connectivity index (χ0) is 11.6. The molecule has 0 radical (unpaired) electrons. The Kier molecular flexibility index (Phi) is 4.32. The highest BCUT2D eigenvalue weighted by Gasteiger charge is 2.21. The third-order valence-electron chi connectivity index (χ3n) is 2.57. The molecule has 84 valence electrons. The molecule has 0 aliphatic rings. The highest BCUT2D eigenvalue weighted by molar-refractivity contribution is 9.10. The summed E-state index contributed by atoms with van der Waals surface area (Å²) in [4.78, 5) is 0. The van der Waals surface area contributed by atoms with Gasteiger partial charge in [0.05, 0.1) is 12.1 Å². The van der Waals surface area contributed by atoms with Crippen LogP contribution in [-0.2, 0) is 0 Å². The average Bonchev–Trinajstić information content (AvgIpc) is 2.15. The van der Waals surface area contributed by atoms with Crippen LogP contribution >= 0.6 is 15.9 Å². The van der Waals surface area contributed by atoms with Gasteiger partial charge in [-0.05, 0) is 30.0 Å². The van der Waals surface area contributed by atoms with Gasteiger partial charge in [-0.3, -0.25) is 0 Å². The van der Waals surface area contributed by atoms with E-state index in [4.69, 9.17) is 5.73 Å². The Bertz CT molecular complexity index is 338. The maximum Gasteiger partial charge on any atom is 0.0756 e. The Morgan fingerprint density at radius 1 is 1.33 bits per heavy atom. The molecular weight excluding hydrogens is 254 g/mol. The number of nitrogens with two attached hydrogens (primary N) is 1. The van der Waals surface area contributed by atoms with Crippen molar-refractivity contribution >= 4 is 15.9 Å². The van der Waals surface area contributed by atoms with Gasteiger partial charge in [0.2, 0.25) is 0 Å². The summed E-state index contributed by atoms with van der Waals surface area (Å²) in [6.45, 7) is 5.96. The Labute approximate surface area is 99.6 Å². The minimum Gasteiger partial charge on any atom is -0.391 e. The largest absolute Gasteiger partial charge is 0.391 e. The molecule has 0 aromatic heterocycles. The summed E-state index contributed by atoms with van der Waals surface area (Å²) in [6.07, 6.45) is -0.510. The van der Waals surface area contributed by atoms with Crippen molar-refractivity contribution in [3.05, 3.63) is 33.8 Å². The predicted molar refractivity (Wildman–Crippen MR) is 66.7 cm³/mol. The fourth-order valence-corrected chi connectivity index (χ4v) is 2.26. The zero-order valence-electron chi connectivity index (χ0n) is 9.37. The number of halogens is 1. The third-order valence-corrected chi connectivity index (χ3v) is 3.25. The van der Waals surface area contributed by atoms with Gasteiger partial charge in [0.1, 0.15) is 0 Å². The van der Waals surface area contributed by atoms with E-state index in [0.717, 1.165) is 10.0 Å². The van der Waals surface area contributed by atoms with E-state index in [-0.39, 0.29) is 12.0 Å². The molecule has 0 heterocycles. The molecule has 0 fully saturated rings. The molecule has 1 rings (SSSR count). The van der Waals surface area contributed by atoms with Crippen LogP contribution in [0.3, 0.4) is 0 Å². The Morgan fingerprint density at radius 3 is 2.40 bits per heavy atom. The first-order valence-electron chi connectivity index (χ1n) is 5.13. The predicted octanol–water partition coefficient (Wildman–Crippen LogP) is 2.77. The van der Waals surface area contributed by atoms with Crippen molar-refractivity contribution in [3.8, 4) is 0 Å². The zero-order valence-corrected chi connectivity index (χ0v) is 11.0. The lowest BCUT2D eigenvalue weighted by Gasteiger charge is -2.23. The summed E-state index contributed by atoms with van der Waals surface area (Å²) in [5.74, 6) is 0.160. The van der Waals surface area contributed by atoms with Gasteiger partial charge in [-0.25, -0.2) is 0 Å². The molecule has 0 saturated carbocycles. The molecule has 3 N–H and O–H groups in total. The maximum atomic E-state index is 9.90. The van der Waals surface area contributed by atoms with Crippen molar-refractivity contribution in [2.24, 2.45) is 11.7 Å². The molecule has 15 heavy (non-hydrogen) atoms. The Balaban J connectivity index is 2.96. The molecule has 0 amide bonds. The van der Waals surface area contributed by atoms with Crippen LogP contribution in [0, 0.1) is 12.8 Å². The molecular formula is C12H18BrNO. The van der Waals surface area contributed by atoms with Crippen molar-refractivity contribution in [2.75, 3.05) is 0 Å². The van der Waals surface area contributed by atoms with E-state index in [1.807, 2.05) is 39.0 Å². The summed E-state index contributed by atoms with van der Waals surface area (Å²) in [5.41, 5.74) is 8.15. The number of aryl methyl sites for hydroxylation is 1. The van der Waals surface area contributed by atoms with Crippen molar-refractivity contribution in [1.82, 2.24) is 0 Å². The fourth-order valence-electron chi connectivity index (χ4n) is 1.50.